The molecular formula is C16H18N4O. The van der Waals surface area contributed by atoms with Gasteiger partial charge in [-0.2, -0.15) is 0 Å². The molecule has 21 heavy (non-hydrogen) atoms. The highest BCUT2D eigenvalue weighted by Gasteiger charge is 2.05. The smallest absolute Gasteiger partial charge is 0.133 e. The van der Waals surface area contributed by atoms with E-state index in [1.165, 1.54) is 0 Å². The maximum absolute atomic E-state index is 5.39. The van der Waals surface area contributed by atoms with E-state index in [2.05, 4.69) is 25.9 Å². The van der Waals surface area contributed by atoms with Gasteiger partial charge in [-0.15, -0.1) is 0 Å². The van der Waals surface area contributed by atoms with Crippen molar-refractivity contribution in [3.05, 3.63) is 49.2 Å². The summed E-state index contributed by atoms with van der Waals surface area (Å²) < 4.78 is 7.46. The second-order valence-electron chi connectivity index (χ2n) is 4.80. The molecule has 1 N–H and O–H groups in total. The number of rotatable bonds is 6. The number of benzene rings is 1. The minimum absolute atomic E-state index is 0.863. The van der Waals surface area contributed by atoms with Crippen LogP contribution in [0.15, 0.2) is 49.2 Å². The zero-order valence-electron chi connectivity index (χ0n) is 12.0. The largest absolute Gasteiger partial charge is 0.496 e. The van der Waals surface area contributed by atoms with E-state index in [1.807, 2.05) is 36.9 Å². The van der Waals surface area contributed by atoms with Crippen LogP contribution >= 0.6 is 0 Å². The predicted octanol–water partition coefficient (Wildman–Crippen LogP) is 2.94. The van der Waals surface area contributed by atoms with Crippen LogP contribution in [0.2, 0.25) is 0 Å². The third kappa shape index (κ3) is 2.97. The summed E-state index contributed by atoms with van der Waals surface area (Å²) in [7, 11) is 1.69. The van der Waals surface area contributed by atoms with Crippen LogP contribution < -0.4 is 10.1 Å². The first-order valence-corrected chi connectivity index (χ1v) is 7.00. The molecule has 2 heterocycles. The summed E-state index contributed by atoms with van der Waals surface area (Å²) >= 11 is 0. The van der Waals surface area contributed by atoms with Crippen molar-refractivity contribution in [2.45, 2.75) is 13.0 Å². The number of fused-ring (bicyclic) bond motifs is 1. The molecular weight excluding hydrogens is 264 g/mol. The molecule has 3 rings (SSSR count). The molecule has 0 saturated carbocycles. The van der Waals surface area contributed by atoms with Crippen molar-refractivity contribution in [3.63, 3.8) is 0 Å². The van der Waals surface area contributed by atoms with Crippen LogP contribution in [0.3, 0.4) is 0 Å². The summed E-state index contributed by atoms with van der Waals surface area (Å²) in [5.74, 6) is 1.77. The molecule has 0 aliphatic rings. The van der Waals surface area contributed by atoms with Gasteiger partial charge in [-0.1, -0.05) is 12.1 Å². The molecule has 5 heteroatoms. The third-order valence-electron chi connectivity index (χ3n) is 3.43. The zero-order chi connectivity index (χ0) is 14.5. The first-order chi connectivity index (χ1) is 10.4. The number of pyridine rings is 1. The molecule has 0 bridgehead atoms. The molecule has 0 radical (unpaired) electrons. The topological polar surface area (TPSA) is 52.0 Å². The molecule has 0 aliphatic carbocycles. The van der Waals surface area contributed by atoms with Crippen LogP contribution in [0.5, 0.6) is 5.75 Å². The van der Waals surface area contributed by atoms with Gasteiger partial charge in [-0.3, -0.25) is 0 Å². The average Bonchev–Trinajstić information content (AvgIpc) is 3.04. The van der Waals surface area contributed by atoms with Crippen LogP contribution in [0, 0.1) is 0 Å². The van der Waals surface area contributed by atoms with Gasteiger partial charge >= 0.3 is 0 Å². The van der Waals surface area contributed by atoms with Crippen LogP contribution in [-0.2, 0) is 6.54 Å². The lowest BCUT2D eigenvalue weighted by atomic mass is 10.1. The first-order valence-electron chi connectivity index (χ1n) is 7.00. The maximum atomic E-state index is 5.39. The van der Waals surface area contributed by atoms with E-state index < -0.39 is 0 Å². The van der Waals surface area contributed by atoms with Crippen LogP contribution in [0.4, 0.5) is 5.82 Å². The lowest BCUT2D eigenvalue weighted by Crippen LogP contribution is -2.07. The molecule has 0 atom stereocenters. The highest BCUT2D eigenvalue weighted by atomic mass is 16.5. The number of aryl methyl sites for hydroxylation is 1. The SMILES string of the molecule is COc1cccc2c(NCCCn3ccnc3)nccc12. The molecule has 2 aromatic heterocycles. The van der Waals surface area contributed by atoms with Gasteiger partial charge in [0.15, 0.2) is 0 Å². The molecule has 3 aromatic rings. The Morgan fingerprint density at radius 3 is 2.95 bits per heavy atom. The average molecular weight is 282 g/mol. The highest BCUT2D eigenvalue weighted by molar-refractivity contribution is 5.95. The van der Waals surface area contributed by atoms with Gasteiger partial charge in [-0.05, 0) is 18.6 Å². The van der Waals surface area contributed by atoms with Crippen molar-refractivity contribution in [1.82, 2.24) is 14.5 Å². The minimum atomic E-state index is 0.863. The van der Waals surface area contributed by atoms with E-state index in [1.54, 1.807) is 13.3 Å². The Bertz CT molecular complexity index is 709. The molecule has 0 aliphatic heterocycles. The molecule has 0 amide bonds. The molecule has 1 aromatic carbocycles. The summed E-state index contributed by atoms with van der Waals surface area (Å²) in [6, 6.07) is 7.98. The quantitative estimate of drug-likeness (QED) is 0.706. The molecule has 0 spiro atoms. The first kappa shape index (κ1) is 13.4. The summed E-state index contributed by atoms with van der Waals surface area (Å²) in [5, 5.41) is 5.56. The number of methoxy groups -OCH3 is 1. The van der Waals surface area contributed by atoms with Gasteiger partial charge in [0.1, 0.15) is 11.6 Å². The molecule has 108 valence electrons. The number of nitrogens with one attached hydrogen (secondary N) is 1. The lowest BCUT2D eigenvalue weighted by Gasteiger charge is -2.11. The fourth-order valence-electron chi connectivity index (χ4n) is 2.38. The van der Waals surface area contributed by atoms with Crippen LogP contribution in [0.1, 0.15) is 6.42 Å². The van der Waals surface area contributed by atoms with E-state index in [-0.39, 0.29) is 0 Å². The van der Waals surface area contributed by atoms with E-state index >= 15 is 0 Å². The van der Waals surface area contributed by atoms with Gasteiger partial charge in [0.2, 0.25) is 0 Å². The molecule has 0 saturated heterocycles. The Labute approximate surface area is 123 Å². The fourth-order valence-corrected chi connectivity index (χ4v) is 2.38. The van der Waals surface area contributed by atoms with Gasteiger partial charge < -0.3 is 14.6 Å². The fraction of sp³-hybridized carbons (Fsp3) is 0.250. The van der Waals surface area contributed by atoms with Crippen molar-refractivity contribution < 1.29 is 4.74 Å². The van der Waals surface area contributed by atoms with Crippen LogP contribution in [0.25, 0.3) is 10.8 Å². The Balaban J connectivity index is 1.69. The van der Waals surface area contributed by atoms with E-state index in [0.717, 1.165) is 41.9 Å². The van der Waals surface area contributed by atoms with Gasteiger partial charge in [-0.25, -0.2) is 9.97 Å². The standard InChI is InChI=1S/C16H18N4O/c1-21-15-5-2-4-14-13(15)6-8-19-16(14)18-7-3-10-20-11-9-17-12-20/h2,4-6,8-9,11-12H,3,7,10H2,1H3,(H,18,19). The number of nitrogens with zero attached hydrogens (tertiary/aromatic N) is 3. The van der Waals surface area contributed by atoms with Crippen LogP contribution in [-0.4, -0.2) is 28.2 Å². The Morgan fingerprint density at radius 1 is 1.19 bits per heavy atom. The summed E-state index contributed by atoms with van der Waals surface area (Å²) in [5.41, 5.74) is 0. The highest BCUT2D eigenvalue weighted by Crippen LogP contribution is 2.28. The number of aromatic nitrogens is 3. The Hall–Kier alpha value is -2.56. The second-order valence-corrected chi connectivity index (χ2v) is 4.80. The van der Waals surface area contributed by atoms with E-state index in [4.69, 9.17) is 4.74 Å². The molecule has 0 unspecified atom stereocenters. The summed E-state index contributed by atoms with van der Waals surface area (Å²) in [6.45, 7) is 1.81. The number of imidazole rings is 1. The van der Waals surface area contributed by atoms with Crippen molar-refractivity contribution in [3.8, 4) is 5.75 Å². The van der Waals surface area contributed by atoms with Gasteiger partial charge in [0.05, 0.1) is 13.4 Å². The Kier molecular flexibility index (Phi) is 4.00. The lowest BCUT2D eigenvalue weighted by molar-refractivity contribution is 0.420. The number of ether oxygens (including phenoxy) is 1. The Morgan fingerprint density at radius 2 is 2.14 bits per heavy atom. The summed E-state index contributed by atoms with van der Waals surface area (Å²) in [6.07, 6.45) is 8.43. The second kappa shape index (κ2) is 6.26. The number of anilines is 1. The number of hydrogen-bond donors (Lipinski definition) is 1. The van der Waals surface area contributed by atoms with Gasteiger partial charge in [0.25, 0.3) is 0 Å². The van der Waals surface area contributed by atoms with Crippen molar-refractivity contribution in [2.24, 2.45) is 0 Å². The minimum Gasteiger partial charge on any atom is -0.496 e. The van der Waals surface area contributed by atoms with E-state index in [9.17, 15) is 0 Å². The normalized spacial score (nSPS) is 10.7. The monoisotopic (exact) mass is 282 g/mol. The zero-order valence-corrected chi connectivity index (χ0v) is 12.0. The van der Waals surface area contributed by atoms with Crippen molar-refractivity contribution in [2.75, 3.05) is 19.0 Å². The van der Waals surface area contributed by atoms with Crippen molar-refractivity contribution >= 4 is 16.6 Å². The van der Waals surface area contributed by atoms with Gasteiger partial charge in [0, 0.05) is 42.5 Å². The van der Waals surface area contributed by atoms with E-state index in [0.29, 0.717) is 0 Å². The predicted molar refractivity (Wildman–Crippen MR) is 83.6 cm³/mol. The summed E-state index contributed by atoms with van der Waals surface area (Å²) in [4.78, 5) is 8.47. The maximum Gasteiger partial charge on any atom is 0.133 e. The molecule has 5 nitrogen and oxygen atoms in total. The molecule has 0 fully saturated rings. The van der Waals surface area contributed by atoms with Crippen molar-refractivity contribution in [1.29, 1.82) is 0 Å². The third-order valence-corrected chi connectivity index (χ3v) is 3.43. The number of hydrogen-bond acceptors (Lipinski definition) is 4.